The fraction of sp³-hybridized carbons (Fsp3) is 0.412. The molecule has 2 aromatic rings. The lowest BCUT2D eigenvalue weighted by Gasteiger charge is -2.11. The van der Waals surface area contributed by atoms with Gasteiger partial charge in [0, 0.05) is 18.3 Å². The van der Waals surface area contributed by atoms with Crippen molar-refractivity contribution in [1.82, 2.24) is 9.72 Å². The molecule has 2 aromatic heterocycles. The number of amides is 1. The van der Waals surface area contributed by atoms with Crippen molar-refractivity contribution < 1.29 is 14.1 Å². The first-order valence-electron chi connectivity index (χ1n) is 7.97. The lowest BCUT2D eigenvalue weighted by molar-refractivity contribution is -0.115. The molecule has 134 valence electrons. The summed E-state index contributed by atoms with van der Waals surface area (Å²) in [7, 11) is 0. The third-order valence-electron chi connectivity index (χ3n) is 3.20. The molecule has 8 heteroatoms. The molecular weight excluding hydrogens is 340 g/mol. The van der Waals surface area contributed by atoms with Gasteiger partial charge in [-0.3, -0.25) is 19.1 Å². The molecule has 1 amide bonds. The van der Waals surface area contributed by atoms with Crippen molar-refractivity contribution in [3.63, 3.8) is 0 Å². The predicted octanol–water partition coefficient (Wildman–Crippen LogP) is 2.49. The van der Waals surface area contributed by atoms with E-state index < -0.39 is 5.25 Å². The van der Waals surface area contributed by atoms with E-state index in [4.69, 9.17) is 4.52 Å². The fourth-order valence-electron chi connectivity index (χ4n) is 2.01. The van der Waals surface area contributed by atoms with Crippen molar-refractivity contribution in [2.75, 3.05) is 11.1 Å². The molecule has 1 atom stereocenters. The summed E-state index contributed by atoms with van der Waals surface area (Å²) >= 11 is 1.26. The summed E-state index contributed by atoms with van der Waals surface area (Å²) in [5, 5.41) is 5.98. The van der Waals surface area contributed by atoms with Gasteiger partial charge >= 0.3 is 0 Å². The first-order valence-corrected chi connectivity index (χ1v) is 9.02. The van der Waals surface area contributed by atoms with Gasteiger partial charge in [-0.2, -0.15) is 0 Å². The number of pyridine rings is 1. The molecule has 0 saturated carbocycles. The molecule has 0 bridgehead atoms. The Labute approximate surface area is 150 Å². The average molecular weight is 362 g/mol. The molecule has 0 radical (unpaired) electrons. The molecule has 0 aliphatic heterocycles. The summed E-state index contributed by atoms with van der Waals surface area (Å²) in [6.07, 6.45) is 1.69. The van der Waals surface area contributed by atoms with Crippen LogP contribution in [0.25, 0.3) is 0 Å². The molecule has 0 spiro atoms. The lowest BCUT2D eigenvalue weighted by Crippen LogP contribution is -2.30. The van der Waals surface area contributed by atoms with Gasteiger partial charge < -0.3 is 9.84 Å². The minimum absolute atomic E-state index is 0.0877. The molecule has 1 unspecified atom stereocenters. The highest BCUT2D eigenvalue weighted by Gasteiger charge is 2.17. The Bertz CT molecular complexity index is 810. The van der Waals surface area contributed by atoms with E-state index in [0.717, 1.165) is 0 Å². The number of aromatic nitrogens is 2. The highest BCUT2D eigenvalue weighted by molar-refractivity contribution is 8.01. The second kappa shape index (κ2) is 8.66. The highest BCUT2D eigenvalue weighted by atomic mass is 32.2. The van der Waals surface area contributed by atoms with Gasteiger partial charge in [0.2, 0.25) is 11.8 Å². The summed E-state index contributed by atoms with van der Waals surface area (Å²) in [6, 6.07) is 7.15. The Kier molecular flexibility index (Phi) is 6.58. The quantitative estimate of drug-likeness (QED) is 0.853. The Hall–Kier alpha value is -2.35. The second-order valence-electron chi connectivity index (χ2n) is 5.81. The van der Waals surface area contributed by atoms with Crippen LogP contribution in [0, 0.1) is 6.92 Å². The normalized spacial score (nSPS) is 13.1. The summed E-state index contributed by atoms with van der Waals surface area (Å²) in [5.41, 5.74) is 0.610. The zero-order valence-corrected chi connectivity index (χ0v) is 15.5. The van der Waals surface area contributed by atoms with Crippen LogP contribution in [0.15, 0.2) is 40.0 Å². The highest BCUT2D eigenvalue weighted by Crippen LogP contribution is 2.14. The smallest absolute Gasteiger partial charge is 0.242 e. The first-order chi connectivity index (χ1) is 11.9. The Morgan fingerprint density at radius 2 is 2.12 bits per heavy atom. The Morgan fingerprint density at radius 3 is 2.76 bits per heavy atom. The van der Waals surface area contributed by atoms with Crippen LogP contribution in [0.4, 0.5) is 5.82 Å². The average Bonchev–Trinajstić information content (AvgIpc) is 2.97. The van der Waals surface area contributed by atoms with Crippen molar-refractivity contribution in [1.29, 1.82) is 0 Å². The van der Waals surface area contributed by atoms with E-state index in [1.165, 1.54) is 16.3 Å². The molecule has 0 fully saturated rings. The third kappa shape index (κ3) is 5.60. The molecule has 2 heterocycles. The van der Waals surface area contributed by atoms with E-state index in [9.17, 15) is 9.59 Å². The van der Waals surface area contributed by atoms with E-state index in [-0.39, 0.29) is 23.6 Å². The number of thioether (sulfide) groups is 1. The van der Waals surface area contributed by atoms with Crippen LogP contribution in [0.3, 0.4) is 0 Å². The molecule has 25 heavy (non-hydrogen) atoms. The minimum Gasteiger partial charge on any atom is -0.360 e. The largest absolute Gasteiger partial charge is 0.360 e. The van der Waals surface area contributed by atoms with Gasteiger partial charge in [-0.25, -0.2) is 0 Å². The van der Waals surface area contributed by atoms with Crippen LogP contribution < -0.4 is 10.8 Å². The maximum atomic E-state index is 12.5. The lowest BCUT2D eigenvalue weighted by atomic mass is 10.4. The van der Waals surface area contributed by atoms with Crippen molar-refractivity contribution in [3.05, 3.63) is 41.7 Å². The monoisotopic (exact) mass is 362 g/mol. The van der Waals surface area contributed by atoms with Crippen molar-refractivity contribution in [2.45, 2.75) is 39.0 Å². The number of hydrogen-bond donors (Lipinski definition) is 1. The predicted molar refractivity (Wildman–Crippen MR) is 97.5 cm³/mol. The van der Waals surface area contributed by atoms with Crippen molar-refractivity contribution in [3.8, 4) is 0 Å². The summed E-state index contributed by atoms with van der Waals surface area (Å²) in [4.78, 5) is 29.0. The zero-order chi connectivity index (χ0) is 18.4. The van der Waals surface area contributed by atoms with Gasteiger partial charge in [0.15, 0.2) is 5.82 Å². The number of anilines is 1. The van der Waals surface area contributed by atoms with Gasteiger partial charge in [0.05, 0.1) is 11.0 Å². The number of nitrogens with zero attached hydrogens (tertiary/aromatic N) is 3. The Morgan fingerprint density at radius 1 is 1.36 bits per heavy atom. The minimum atomic E-state index is -0.407. The van der Waals surface area contributed by atoms with Crippen LogP contribution in [0.5, 0.6) is 0 Å². The number of nitrogens with one attached hydrogen (secondary N) is 1. The van der Waals surface area contributed by atoms with Crippen LogP contribution in [-0.4, -0.2) is 38.6 Å². The maximum Gasteiger partial charge on any atom is 0.242 e. The zero-order valence-electron chi connectivity index (χ0n) is 14.7. The summed E-state index contributed by atoms with van der Waals surface area (Å²) in [6.45, 7) is 7.40. The number of carbonyl (C=O) groups excluding carboxylic acids is 2. The molecule has 0 aliphatic carbocycles. The van der Waals surface area contributed by atoms with E-state index in [2.05, 4.69) is 15.5 Å². The van der Waals surface area contributed by atoms with Gasteiger partial charge in [-0.15, -0.1) is 11.8 Å². The SMILES string of the molecule is Cc1cc(NC(=O)C(C)SCC(=O)n2ccccc2=NC(C)C)no1. The van der Waals surface area contributed by atoms with Crippen LogP contribution in [0.2, 0.25) is 0 Å². The molecule has 0 saturated heterocycles. The summed E-state index contributed by atoms with van der Waals surface area (Å²) < 4.78 is 6.42. The number of rotatable bonds is 6. The number of aryl methyl sites for hydroxylation is 1. The first kappa shape index (κ1) is 19.0. The van der Waals surface area contributed by atoms with Gasteiger partial charge in [0.1, 0.15) is 11.2 Å². The molecule has 1 N–H and O–H groups in total. The molecule has 2 rings (SSSR count). The van der Waals surface area contributed by atoms with E-state index >= 15 is 0 Å². The summed E-state index contributed by atoms with van der Waals surface area (Å²) in [5.74, 6) is 0.810. The van der Waals surface area contributed by atoms with E-state index in [1.807, 2.05) is 19.9 Å². The second-order valence-corrected chi connectivity index (χ2v) is 7.14. The van der Waals surface area contributed by atoms with Crippen LogP contribution >= 0.6 is 11.8 Å². The maximum absolute atomic E-state index is 12.5. The molecule has 0 aromatic carbocycles. The van der Waals surface area contributed by atoms with Crippen LogP contribution in [-0.2, 0) is 4.79 Å². The van der Waals surface area contributed by atoms with E-state index in [0.29, 0.717) is 17.1 Å². The van der Waals surface area contributed by atoms with Crippen molar-refractivity contribution >= 4 is 29.4 Å². The number of carbonyl (C=O) groups is 2. The molecule has 7 nitrogen and oxygen atoms in total. The third-order valence-corrected chi connectivity index (χ3v) is 4.33. The van der Waals surface area contributed by atoms with Crippen molar-refractivity contribution in [2.24, 2.45) is 4.99 Å². The van der Waals surface area contributed by atoms with E-state index in [1.54, 1.807) is 38.2 Å². The Balaban J connectivity index is 1.96. The van der Waals surface area contributed by atoms with Gasteiger partial charge in [0.25, 0.3) is 0 Å². The number of hydrogen-bond acceptors (Lipinski definition) is 6. The van der Waals surface area contributed by atoms with Gasteiger partial charge in [-0.05, 0) is 39.8 Å². The molecule has 0 aliphatic rings. The molecular formula is C17H22N4O3S. The fourth-order valence-corrected chi connectivity index (χ4v) is 2.75. The van der Waals surface area contributed by atoms with Crippen LogP contribution in [0.1, 0.15) is 31.3 Å². The standard InChI is InChI=1S/C17H22N4O3S/c1-11(2)18-15-7-5-6-8-21(15)16(22)10-25-13(4)17(23)19-14-9-12(3)24-20-14/h5-9,11,13H,10H2,1-4H3,(H,19,20,23). The van der Waals surface area contributed by atoms with Gasteiger partial charge in [-0.1, -0.05) is 11.2 Å². The topological polar surface area (TPSA) is 89.5 Å².